The molecule has 2 heterocycles. The summed E-state index contributed by atoms with van der Waals surface area (Å²) in [5.41, 5.74) is 1.08. The first kappa shape index (κ1) is 15.8. The second-order valence-corrected chi connectivity index (χ2v) is 8.04. The van der Waals surface area contributed by atoms with Gasteiger partial charge in [0.25, 0.3) is 0 Å². The lowest BCUT2D eigenvalue weighted by Crippen LogP contribution is -2.02. The number of thioether (sulfide) groups is 2. The monoisotopic (exact) mass is 350 g/mol. The van der Waals surface area contributed by atoms with Crippen molar-refractivity contribution in [3.63, 3.8) is 0 Å². The molecule has 22 heavy (non-hydrogen) atoms. The van der Waals surface area contributed by atoms with Crippen LogP contribution in [-0.2, 0) is 12.3 Å². The van der Waals surface area contributed by atoms with Gasteiger partial charge in [-0.25, -0.2) is 4.98 Å². The number of fused-ring (bicyclic) bond motifs is 1. The molecule has 0 unspecified atom stereocenters. The summed E-state index contributed by atoms with van der Waals surface area (Å²) in [5.74, 6) is 2.93. The minimum Gasteiger partial charge on any atom is -0.306 e. The van der Waals surface area contributed by atoms with Crippen LogP contribution in [0.2, 0.25) is 0 Å². The highest BCUT2D eigenvalue weighted by molar-refractivity contribution is 8.00. The van der Waals surface area contributed by atoms with Gasteiger partial charge in [0.1, 0.15) is 5.82 Å². The molecule has 0 spiro atoms. The third-order valence-corrected chi connectivity index (χ3v) is 6.49. The molecule has 0 saturated heterocycles. The number of nitrogens with zero attached hydrogens (tertiary/aromatic N) is 4. The summed E-state index contributed by atoms with van der Waals surface area (Å²) in [7, 11) is 0. The molecule has 0 amide bonds. The number of hydrogen-bond acceptors (Lipinski definition) is 6. The molecule has 0 fully saturated rings. The molecule has 0 aliphatic carbocycles. The summed E-state index contributed by atoms with van der Waals surface area (Å²) in [5, 5.41) is 9.71. The van der Waals surface area contributed by atoms with E-state index in [1.807, 2.05) is 6.07 Å². The van der Waals surface area contributed by atoms with Gasteiger partial charge in [-0.1, -0.05) is 42.6 Å². The van der Waals surface area contributed by atoms with Crippen LogP contribution in [0.25, 0.3) is 10.2 Å². The van der Waals surface area contributed by atoms with Gasteiger partial charge in [0.15, 0.2) is 9.50 Å². The number of aromatic nitrogens is 4. The van der Waals surface area contributed by atoms with E-state index in [1.54, 1.807) is 34.9 Å². The molecule has 1 aromatic carbocycles. The summed E-state index contributed by atoms with van der Waals surface area (Å²) in [6.07, 6.45) is 1.15. The van der Waals surface area contributed by atoms with Gasteiger partial charge in [-0.3, -0.25) is 0 Å². The Hall–Kier alpha value is -1.05. The predicted octanol–water partition coefficient (Wildman–Crippen LogP) is 4.70. The van der Waals surface area contributed by atoms with Crippen LogP contribution in [0.1, 0.15) is 26.1 Å². The molecule has 0 saturated carbocycles. The Labute approximate surface area is 142 Å². The zero-order valence-electron chi connectivity index (χ0n) is 12.7. The van der Waals surface area contributed by atoms with Crippen molar-refractivity contribution >= 4 is 45.1 Å². The zero-order chi connectivity index (χ0) is 15.4. The maximum Gasteiger partial charge on any atom is 0.191 e. The van der Waals surface area contributed by atoms with Gasteiger partial charge in [-0.15, -0.1) is 21.5 Å². The smallest absolute Gasteiger partial charge is 0.191 e. The van der Waals surface area contributed by atoms with E-state index in [-0.39, 0.29) is 0 Å². The van der Waals surface area contributed by atoms with Crippen molar-refractivity contribution in [2.45, 2.75) is 42.1 Å². The average Bonchev–Trinajstić information content (AvgIpc) is 3.13. The number of rotatable bonds is 7. The number of para-hydroxylation sites is 1. The van der Waals surface area contributed by atoms with E-state index < -0.39 is 0 Å². The second-order valence-electron chi connectivity index (χ2n) is 4.73. The Morgan fingerprint density at radius 2 is 2.00 bits per heavy atom. The van der Waals surface area contributed by atoms with Gasteiger partial charge in [0.05, 0.1) is 16.0 Å². The molecule has 0 atom stereocenters. The zero-order valence-corrected chi connectivity index (χ0v) is 15.1. The molecular formula is C15H18N4S3. The number of benzene rings is 1. The Morgan fingerprint density at radius 3 is 2.77 bits per heavy atom. The van der Waals surface area contributed by atoms with Crippen LogP contribution in [0.3, 0.4) is 0 Å². The second kappa shape index (κ2) is 7.48. The van der Waals surface area contributed by atoms with Crippen molar-refractivity contribution in [2.24, 2.45) is 0 Å². The van der Waals surface area contributed by atoms with E-state index in [1.165, 1.54) is 4.70 Å². The molecule has 3 aromatic rings. The molecule has 0 aliphatic rings. The quantitative estimate of drug-likeness (QED) is 0.578. The first-order valence-corrected chi connectivity index (χ1v) is 10.1. The highest BCUT2D eigenvalue weighted by atomic mass is 32.2. The van der Waals surface area contributed by atoms with Crippen LogP contribution >= 0.6 is 34.9 Å². The van der Waals surface area contributed by atoms with Crippen molar-refractivity contribution in [1.29, 1.82) is 0 Å². The molecule has 0 radical (unpaired) electrons. The first-order chi connectivity index (χ1) is 10.8. The van der Waals surface area contributed by atoms with E-state index in [4.69, 9.17) is 0 Å². The molecule has 3 rings (SSSR count). The first-order valence-electron chi connectivity index (χ1n) is 7.35. The van der Waals surface area contributed by atoms with E-state index in [0.29, 0.717) is 0 Å². The van der Waals surface area contributed by atoms with Crippen molar-refractivity contribution in [3.05, 3.63) is 30.1 Å². The van der Waals surface area contributed by atoms with Crippen molar-refractivity contribution < 1.29 is 0 Å². The van der Waals surface area contributed by atoms with Crippen LogP contribution < -0.4 is 0 Å². The third kappa shape index (κ3) is 3.47. The largest absolute Gasteiger partial charge is 0.306 e. The number of thiazole rings is 1. The van der Waals surface area contributed by atoms with Crippen molar-refractivity contribution in [2.75, 3.05) is 5.75 Å². The Balaban J connectivity index is 1.71. The molecular weight excluding hydrogens is 332 g/mol. The standard InChI is InChI=1S/C15H18N4S3/c1-3-9-20-14-18-17-13(19(14)4-2)10-21-15-16-11-7-5-6-8-12(11)22-15/h5-8H,3-4,9-10H2,1-2H3. The summed E-state index contributed by atoms with van der Waals surface area (Å²) in [6.45, 7) is 5.24. The fraction of sp³-hybridized carbons (Fsp3) is 0.400. The van der Waals surface area contributed by atoms with Gasteiger partial charge < -0.3 is 4.57 Å². The summed E-state index contributed by atoms with van der Waals surface area (Å²) < 4.78 is 4.54. The highest BCUT2D eigenvalue weighted by Gasteiger charge is 2.12. The fourth-order valence-electron chi connectivity index (χ4n) is 2.08. The maximum absolute atomic E-state index is 4.66. The van der Waals surface area contributed by atoms with Crippen molar-refractivity contribution in [3.8, 4) is 0 Å². The van der Waals surface area contributed by atoms with E-state index in [9.17, 15) is 0 Å². The average molecular weight is 351 g/mol. The van der Waals surface area contributed by atoms with Gasteiger partial charge in [0, 0.05) is 12.3 Å². The highest BCUT2D eigenvalue weighted by Crippen LogP contribution is 2.31. The summed E-state index contributed by atoms with van der Waals surface area (Å²) in [6, 6.07) is 8.26. The molecule has 116 valence electrons. The Morgan fingerprint density at radius 1 is 1.14 bits per heavy atom. The van der Waals surface area contributed by atoms with Crippen LogP contribution in [0, 0.1) is 0 Å². The molecule has 0 aliphatic heterocycles. The van der Waals surface area contributed by atoms with Gasteiger partial charge in [-0.2, -0.15) is 0 Å². The van der Waals surface area contributed by atoms with Crippen LogP contribution in [0.4, 0.5) is 0 Å². The fourth-order valence-corrected chi connectivity index (χ4v) is 4.97. The minimum atomic E-state index is 0.813. The van der Waals surface area contributed by atoms with Gasteiger partial charge in [0.2, 0.25) is 0 Å². The lowest BCUT2D eigenvalue weighted by Gasteiger charge is -2.05. The normalized spacial score (nSPS) is 11.4. The topological polar surface area (TPSA) is 43.6 Å². The van der Waals surface area contributed by atoms with Crippen molar-refractivity contribution in [1.82, 2.24) is 19.7 Å². The van der Waals surface area contributed by atoms with Crippen LogP contribution in [-0.4, -0.2) is 25.5 Å². The number of hydrogen-bond donors (Lipinski definition) is 0. The van der Waals surface area contributed by atoms with Gasteiger partial charge >= 0.3 is 0 Å². The molecule has 2 aromatic heterocycles. The summed E-state index contributed by atoms with van der Waals surface area (Å²) in [4.78, 5) is 4.66. The van der Waals surface area contributed by atoms with E-state index in [2.05, 4.69) is 51.8 Å². The Bertz CT molecular complexity index is 717. The van der Waals surface area contributed by atoms with Crippen LogP contribution in [0.5, 0.6) is 0 Å². The van der Waals surface area contributed by atoms with E-state index in [0.717, 1.165) is 45.3 Å². The minimum absolute atomic E-state index is 0.813. The molecule has 4 nitrogen and oxygen atoms in total. The van der Waals surface area contributed by atoms with Crippen LogP contribution in [0.15, 0.2) is 33.8 Å². The predicted molar refractivity (Wildman–Crippen MR) is 95.9 cm³/mol. The molecule has 0 bridgehead atoms. The van der Waals surface area contributed by atoms with E-state index >= 15 is 0 Å². The van der Waals surface area contributed by atoms with Gasteiger partial charge in [-0.05, 0) is 25.5 Å². The lowest BCUT2D eigenvalue weighted by atomic mass is 10.3. The Kier molecular flexibility index (Phi) is 5.38. The third-order valence-electron chi connectivity index (χ3n) is 3.14. The maximum atomic E-state index is 4.66. The molecule has 0 N–H and O–H groups in total. The SMILES string of the molecule is CCCSc1nnc(CSc2nc3ccccc3s2)n1CC. The lowest BCUT2D eigenvalue weighted by molar-refractivity contribution is 0.659. The molecule has 7 heteroatoms. The summed E-state index contributed by atoms with van der Waals surface area (Å²) >= 11 is 5.27.